The maximum Gasteiger partial charge on any atom is 0.295 e. The highest BCUT2D eigenvalue weighted by molar-refractivity contribution is 6.46. The van der Waals surface area contributed by atoms with E-state index in [-0.39, 0.29) is 16.7 Å². The van der Waals surface area contributed by atoms with Crippen molar-refractivity contribution in [2.75, 3.05) is 13.2 Å². The van der Waals surface area contributed by atoms with Gasteiger partial charge in [-0.2, -0.15) is 0 Å². The van der Waals surface area contributed by atoms with Crippen molar-refractivity contribution in [1.82, 2.24) is 4.90 Å². The Kier molecular flexibility index (Phi) is 6.30. The van der Waals surface area contributed by atoms with E-state index in [1.165, 1.54) is 4.90 Å². The summed E-state index contributed by atoms with van der Waals surface area (Å²) in [4.78, 5) is 27.2. The highest BCUT2D eigenvalue weighted by Gasteiger charge is 2.47. The molecule has 0 radical (unpaired) electrons. The van der Waals surface area contributed by atoms with Crippen LogP contribution in [-0.4, -0.2) is 34.8 Å². The fourth-order valence-corrected chi connectivity index (χ4v) is 3.95. The van der Waals surface area contributed by atoms with Crippen molar-refractivity contribution in [1.29, 1.82) is 0 Å². The molecule has 0 bridgehead atoms. The summed E-state index contributed by atoms with van der Waals surface area (Å²) in [6.45, 7) is 12.7. The number of rotatable bonds is 6. The standard InChI is InChI=1S/C25H31NO5/c1-7-13-26-21(19-11-9-15(3)31-19)20(23(28)24(26)29)22(27)16-10-12-18(30-8-2)17(14-16)25(4,5)6/h9-12,14,21,27H,7-8,13H2,1-6H3/b22-20-. The number of amides is 1. The van der Waals surface area contributed by atoms with Gasteiger partial charge in [0.2, 0.25) is 0 Å². The monoisotopic (exact) mass is 425 g/mol. The number of carbonyl (C=O) groups is 2. The molecule has 0 aliphatic carbocycles. The zero-order valence-electron chi connectivity index (χ0n) is 19.1. The topological polar surface area (TPSA) is 80.0 Å². The van der Waals surface area contributed by atoms with Gasteiger partial charge in [-0.3, -0.25) is 9.59 Å². The number of furan rings is 1. The Bertz CT molecular complexity index is 1020. The molecule has 1 unspecified atom stereocenters. The summed E-state index contributed by atoms with van der Waals surface area (Å²) in [5, 5.41) is 11.2. The van der Waals surface area contributed by atoms with Gasteiger partial charge in [0.15, 0.2) is 0 Å². The zero-order chi connectivity index (χ0) is 22.9. The van der Waals surface area contributed by atoms with Gasteiger partial charge in [0, 0.05) is 17.7 Å². The molecule has 166 valence electrons. The van der Waals surface area contributed by atoms with E-state index >= 15 is 0 Å². The van der Waals surface area contributed by atoms with Crippen LogP contribution >= 0.6 is 0 Å². The molecule has 2 aromatic rings. The van der Waals surface area contributed by atoms with Crippen LogP contribution < -0.4 is 4.74 Å². The molecule has 0 saturated carbocycles. The molecule has 31 heavy (non-hydrogen) atoms. The second kappa shape index (κ2) is 8.61. The minimum absolute atomic E-state index is 0.0526. The number of benzene rings is 1. The molecule has 1 atom stereocenters. The Labute approximate surface area is 183 Å². The molecule has 1 fully saturated rings. The van der Waals surface area contributed by atoms with Crippen LogP contribution in [0.3, 0.4) is 0 Å². The zero-order valence-corrected chi connectivity index (χ0v) is 19.1. The minimum Gasteiger partial charge on any atom is -0.507 e. The number of Topliss-reactive ketones (excluding diaryl/α,β-unsaturated/α-hetero) is 1. The first-order valence-corrected chi connectivity index (χ1v) is 10.7. The lowest BCUT2D eigenvalue weighted by Gasteiger charge is -2.24. The second-order valence-corrected chi connectivity index (χ2v) is 8.83. The second-order valence-electron chi connectivity index (χ2n) is 8.83. The average Bonchev–Trinajstić information content (AvgIpc) is 3.24. The third-order valence-electron chi connectivity index (χ3n) is 5.40. The van der Waals surface area contributed by atoms with E-state index in [2.05, 4.69) is 20.8 Å². The van der Waals surface area contributed by atoms with Gasteiger partial charge in [-0.15, -0.1) is 0 Å². The number of ketones is 1. The number of nitrogens with zero attached hydrogens (tertiary/aromatic N) is 1. The molecule has 1 aliphatic heterocycles. The van der Waals surface area contributed by atoms with Crippen LogP contribution in [0.1, 0.15) is 69.7 Å². The van der Waals surface area contributed by atoms with Crippen molar-refractivity contribution in [3.05, 3.63) is 58.6 Å². The first kappa shape index (κ1) is 22.7. The van der Waals surface area contributed by atoms with Crippen molar-refractivity contribution in [2.24, 2.45) is 0 Å². The van der Waals surface area contributed by atoms with Crippen LogP contribution in [-0.2, 0) is 15.0 Å². The Morgan fingerprint density at radius 1 is 1.16 bits per heavy atom. The van der Waals surface area contributed by atoms with Crippen molar-refractivity contribution in [3.8, 4) is 5.75 Å². The van der Waals surface area contributed by atoms with Crippen LogP contribution in [0.25, 0.3) is 5.76 Å². The van der Waals surface area contributed by atoms with Gasteiger partial charge in [0.05, 0.1) is 12.2 Å². The molecular weight excluding hydrogens is 394 g/mol. The van der Waals surface area contributed by atoms with Crippen LogP contribution in [0.5, 0.6) is 5.75 Å². The Hall–Kier alpha value is -3.02. The maximum atomic E-state index is 13.0. The van der Waals surface area contributed by atoms with Gasteiger partial charge >= 0.3 is 0 Å². The number of carbonyl (C=O) groups excluding carboxylic acids is 2. The SMILES string of the molecule is CCCN1C(=O)C(=O)/C(=C(\O)c2ccc(OCC)c(C(C)(C)C)c2)C1c1ccc(C)o1. The van der Waals surface area contributed by atoms with Gasteiger partial charge < -0.3 is 19.2 Å². The molecular formula is C25H31NO5. The number of likely N-dealkylation sites (tertiary alicyclic amines) is 1. The van der Waals surface area contributed by atoms with Crippen molar-refractivity contribution < 1.29 is 23.8 Å². The quantitative estimate of drug-likeness (QED) is 0.395. The largest absolute Gasteiger partial charge is 0.507 e. The summed E-state index contributed by atoms with van der Waals surface area (Å²) < 4.78 is 11.5. The van der Waals surface area contributed by atoms with Gasteiger partial charge in [0.25, 0.3) is 11.7 Å². The van der Waals surface area contributed by atoms with E-state index in [1.54, 1.807) is 31.2 Å². The number of aliphatic hydroxyl groups excluding tert-OH is 1. The van der Waals surface area contributed by atoms with Gasteiger partial charge in [-0.1, -0.05) is 27.7 Å². The van der Waals surface area contributed by atoms with E-state index in [0.29, 0.717) is 36.7 Å². The molecule has 6 nitrogen and oxygen atoms in total. The van der Waals surface area contributed by atoms with Crippen molar-refractivity contribution in [3.63, 3.8) is 0 Å². The lowest BCUT2D eigenvalue weighted by molar-refractivity contribution is -0.140. The number of aryl methyl sites for hydroxylation is 1. The van der Waals surface area contributed by atoms with Crippen molar-refractivity contribution >= 4 is 17.4 Å². The van der Waals surface area contributed by atoms with Crippen LogP contribution in [0.2, 0.25) is 0 Å². The number of ether oxygens (including phenoxy) is 1. The predicted octanol–water partition coefficient (Wildman–Crippen LogP) is 5.12. The third-order valence-corrected chi connectivity index (χ3v) is 5.40. The molecule has 3 rings (SSSR count). The molecule has 1 amide bonds. The van der Waals surface area contributed by atoms with Crippen molar-refractivity contribution in [2.45, 2.75) is 59.4 Å². The molecule has 0 spiro atoms. The lowest BCUT2D eigenvalue weighted by atomic mass is 9.84. The smallest absolute Gasteiger partial charge is 0.295 e. The maximum absolute atomic E-state index is 13.0. The van der Waals surface area contributed by atoms with Crippen LogP contribution in [0, 0.1) is 6.92 Å². The number of hydrogen-bond donors (Lipinski definition) is 1. The van der Waals surface area contributed by atoms with E-state index in [9.17, 15) is 14.7 Å². The summed E-state index contributed by atoms with van der Waals surface area (Å²) in [7, 11) is 0. The first-order valence-electron chi connectivity index (χ1n) is 10.7. The minimum atomic E-state index is -0.752. The van der Waals surface area contributed by atoms with Gasteiger partial charge in [-0.05, 0) is 56.0 Å². The van der Waals surface area contributed by atoms with Gasteiger partial charge in [-0.25, -0.2) is 0 Å². The summed E-state index contributed by atoms with van der Waals surface area (Å²) in [5.74, 6) is 0.350. The van der Waals surface area contributed by atoms with Crippen LogP contribution in [0.15, 0.2) is 40.3 Å². The summed E-state index contributed by atoms with van der Waals surface area (Å²) in [6.07, 6.45) is 0.681. The fraction of sp³-hybridized carbons (Fsp3) is 0.440. The molecule has 1 aromatic carbocycles. The molecule has 1 aromatic heterocycles. The van der Waals surface area contributed by atoms with Gasteiger partial charge in [0.1, 0.15) is 29.1 Å². The van der Waals surface area contributed by atoms with E-state index in [1.807, 2.05) is 19.9 Å². The first-order chi connectivity index (χ1) is 14.6. The highest BCUT2D eigenvalue weighted by atomic mass is 16.5. The Morgan fingerprint density at radius 2 is 1.87 bits per heavy atom. The number of aliphatic hydroxyl groups is 1. The van der Waals surface area contributed by atoms with E-state index in [4.69, 9.17) is 9.15 Å². The number of hydrogen-bond acceptors (Lipinski definition) is 5. The predicted molar refractivity (Wildman–Crippen MR) is 119 cm³/mol. The Morgan fingerprint density at radius 3 is 2.42 bits per heavy atom. The summed E-state index contributed by atoms with van der Waals surface area (Å²) in [5.41, 5.74) is 1.19. The summed E-state index contributed by atoms with van der Waals surface area (Å²) >= 11 is 0. The molecule has 1 aliphatic rings. The highest BCUT2D eigenvalue weighted by Crippen LogP contribution is 2.41. The van der Waals surface area contributed by atoms with Crippen LogP contribution in [0.4, 0.5) is 0 Å². The fourth-order valence-electron chi connectivity index (χ4n) is 3.95. The molecule has 1 saturated heterocycles. The summed E-state index contributed by atoms with van der Waals surface area (Å²) in [6, 6.07) is 8.13. The van der Waals surface area contributed by atoms with E-state index in [0.717, 1.165) is 11.3 Å². The lowest BCUT2D eigenvalue weighted by Crippen LogP contribution is -2.30. The third kappa shape index (κ3) is 4.24. The molecule has 2 heterocycles. The Balaban J connectivity index is 2.20. The molecule has 6 heteroatoms. The molecule has 1 N–H and O–H groups in total. The van der Waals surface area contributed by atoms with E-state index < -0.39 is 17.7 Å². The normalized spacial score (nSPS) is 18.6. The average molecular weight is 426 g/mol.